The van der Waals surface area contributed by atoms with Crippen LogP contribution >= 0.6 is 0 Å². The summed E-state index contributed by atoms with van der Waals surface area (Å²) in [6.45, 7) is 3.78. The largest absolute Gasteiger partial charge is 0.493 e. The molecule has 0 bridgehead atoms. The fourth-order valence-corrected chi connectivity index (χ4v) is 2.15. The zero-order chi connectivity index (χ0) is 16.4. The molecule has 0 spiro atoms. The van der Waals surface area contributed by atoms with Gasteiger partial charge in [0.15, 0.2) is 11.5 Å². The number of aryl methyl sites for hydroxylation is 1. The van der Waals surface area contributed by atoms with Crippen molar-refractivity contribution in [2.45, 2.75) is 19.3 Å². The first-order valence-electron chi connectivity index (χ1n) is 7.28. The van der Waals surface area contributed by atoms with Gasteiger partial charge in [0.2, 0.25) is 6.29 Å². The predicted molar refractivity (Wildman–Crippen MR) is 84.2 cm³/mol. The second kappa shape index (κ2) is 9.78. The number of methoxy groups -OCH3 is 2. The molecular formula is C16H24N2O4. The van der Waals surface area contributed by atoms with Crippen LogP contribution in [0.1, 0.15) is 18.4 Å². The van der Waals surface area contributed by atoms with Gasteiger partial charge in [-0.05, 0) is 56.6 Å². The highest BCUT2D eigenvalue weighted by atomic mass is 16.5. The van der Waals surface area contributed by atoms with Crippen molar-refractivity contribution in [2.75, 3.05) is 33.9 Å². The van der Waals surface area contributed by atoms with Crippen molar-refractivity contribution < 1.29 is 19.1 Å². The van der Waals surface area contributed by atoms with Gasteiger partial charge in [0.05, 0.1) is 14.2 Å². The van der Waals surface area contributed by atoms with E-state index in [1.165, 1.54) is 38.0 Å². The molecule has 1 aromatic rings. The van der Waals surface area contributed by atoms with Crippen molar-refractivity contribution in [2.24, 2.45) is 5.73 Å². The minimum Gasteiger partial charge on any atom is -0.493 e. The topological polar surface area (TPSA) is 81.9 Å². The van der Waals surface area contributed by atoms with Gasteiger partial charge >= 0.3 is 0 Å². The van der Waals surface area contributed by atoms with Crippen molar-refractivity contribution >= 4 is 12.2 Å². The number of aldehydes is 1. The van der Waals surface area contributed by atoms with Crippen LogP contribution in [0.2, 0.25) is 0 Å². The van der Waals surface area contributed by atoms with Crippen molar-refractivity contribution in [3.63, 3.8) is 0 Å². The summed E-state index contributed by atoms with van der Waals surface area (Å²) in [7, 11) is 3.35. The van der Waals surface area contributed by atoms with Gasteiger partial charge in [-0.3, -0.25) is 9.59 Å². The third-order valence-corrected chi connectivity index (χ3v) is 3.45. The maximum Gasteiger partial charge on any atom is 0.281 e. The molecule has 0 saturated carbocycles. The molecule has 1 heterocycles. The normalized spacial score (nSPS) is 13.4. The Morgan fingerprint density at radius 2 is 1.91 bits per heavy atom. The molecule has 6 heteroatoms. The number of hydrogen-bond donors (Lipinski definition) is 1. The molecule has 1 aliphatic rings. The Morgan fingerprint density at radius 1 is 1.27 bits per heavy atom. The highest BCUT2D eigenvalue weighted by Gasteiger charge is 2.12. The van der Waals surface area contributed by atoms with E-state index in [4.69, 9.17) is 14.3 Å². The summed E-state index contributed by atoms with van der Waals surface area (Å²) < 4.78 is 10.5. The van der Waals surface area contributed by atoms with E-state index < -0.39 is 5.91 Å². The molecule has 1 amide bonds. The van der Waals surface area contributed by atoms with Crippen LogP contribution in [-0.4, -0.2) is 50.9 Å². The lowest BCUT2D eigenvalue weighted by molar-refractivity contribution is -0.129. The van der Waals surface area contributed by atoms with E-state index in [1.54, 1.807) is 14.2 Å². The summed E-state index contributed by atoms with van der Waals surface area (Å²) in [4.78, 5) is 20.8. The zero-order valence-corrected chi connectivity index (χ0v) is 13.2. The molecule has 0 unspecified atom stereocenters. The second-order valence-electron chi connectivity index (χ2n) is 5.01. The molecule has 2 rings (SSSR count). The number of carbonyl (C=O) groups excluding carboxylic acids is 2. The monoisotopic (exact) mass is 308 g/mol. The molecule has 2 N–H and O–H groups in total. The van der Waals surface area contributed by atoms with E-state index in [2.05, 4.69) is 22.8 Å². The Bertz CT molecular complexity index is 487. The number of likely N-dealkylation sites (tertiary alicyclic amines) is 1. The third-order valence-electron chi connectivity index (χ3n) is 3.45. The van der Waals surface area contributed by atoms with E-state index in [1.807, 2.05) is 6.07 Å². The maximum absolute atomic E-state index is 9.22. The van der Waals surface area contributed by atoms with Crippen molar-refractivity contribution in [1.29, 1.82) is 0 Å². The number of rotatable bonds is 7. The van der Waals surface area contributed by atoms with E-state index in [0.717, 1.165) is 17.9 Å². The minimum absolute atomic E-state index is 0.0556. The minimum atomic E-state index is -0.926. The Morgan fingerprint density at radius 3 is 2.36 bits per heavy atom. The van der Waals surface area contributed by atoms with Gasteiger partial charge in [0.25, 0.3) is 5.91 Å². The molecule has 1 aliphatic heterocycles. The first-order valence-corrected chi connectivity index (χ1v) is 7.28. The number of primary amides is 1. The van der Waals surface area contributed by atoms with Gasteiger partial charge in [-0.2, -0.15) is 0 Å². The van der Waals surface area contributed by atoms with Crippen LogP contribution in [0.3, 0.4) is 0 Å². The van der Waals surface area contributed by atoms with E-state index in [0.29, 0.717) is 0 Å². The molecule has 1 aromatic carbocycles. The van der Waals surface area contributed by atoms with Crippen molar-refractivity contribution in [3.05, 3.63) is 23.8 Å². The molecule has 0 atom stereocenters. The van der Waals surface area contributed by atoms with Crippen LogP contribution in [-0.2, 0) is 16.0 Å². The Hall–Kier alpha value is -2.08. The number of nitrogens with two attached hydrogens (primary N) is 1. The number of carbonyl (C=O) groups is 2. The molecule has 0 radical (unpaired) electrons. The van der Waals surface area contributed by atoms with Gasteiger partial charge in [-0.1, -0.05) is 6.07 Å². The summed E-state index contributed by atoms with van der Waals surface area (Å²) in [6, 6.07) is 6.18. The average Bonchev–Trinajstić information content (AvgIpc) is 2.50. The van der Waals surface area contributed by atoms with Crippen molar-refractivity contribution in [1.82, 2.24) is 4.90 Å². The summed E-state index contributed by atoms with van der Waals surface area (Å²) >= 11 is 0. The van der Waals surface area contributed by atoms with Gasteiger partial charge in [0.1, 0.15) is 0 Å². The van der Waals surface area contributed by atoms with Crippen LogP contribution in [0.4, 0.5) is 0 Å². The quantitative estimate of drug-likeness (QED) is 0.600. The molecular weight excluding hydrogens is 284 g/mol. The van der Waals surface area contributed by atoms with Gasteiger partial charge in [0, 0.05) is 0 Å². The fraction of sp³-hybridized carbons (Fsp3) is 0.500. The van der Waals surface area contributed by atoms with Gasteiger partial charge in [-0.25, -0.2) is 0 Å². The zero-order valence-electron chi connectivity index (χ0n) is 13.2. The third kappa shape index (κ3) is 6.13. The average molecular weight is 308 g/mol. The summed E-state index contributed by atoms with van der Waals surface area (Å²) in [6.07, 6.45) is 3.75. The van der Waals surface area contributed by atoms with E-state index in [9.17, 15) is 4.79 Å². The molecule has 6 nitrogen and oxygen atoms in total. The number of nitrogens with zero attached hydrogens (tertiary/aromatic N) is 1. The number of ether oxygens (including phenoxy) is 2. The van der Waals surface area contributed by atoms with E-state index in [-0.39, 0.29) is 6.29 Å². The number of amides is 1. The predicted octanol–water partition coefficient (Wildman–Crippen LogP) is 1.01. The lowest BCUT2D eigenvalue weighted by Gasteiger charge is -2.30. The van der Waals surface area contributed by atoms with Crippen LogP contribution in [0.5, 0.6) is 11.5 Å². The Labute approximate surface area is 131 Å². The van der Waals surface area contributed by atoms with Gasteiger partial charge in [-0.15, -0.1) is 0 Å². The molecule has 0 aromatic heterocycles. The first kappa shape index (κ1) is 18.0. The van der Waals surface area contributed by atoms with Crippen molar-refractivity contribution in [3.8, 4) is 11.5 Å². The standard InChI is InChI=1S/C14H21NO2.C2H3NO2/c1-16-13-7-6-12(11-14(13)17-2)5-3-8-15-9-4-10-15;3-2(5)1-4/h6-7,11H,3-5,8-10H2,1-2H3;1H,(H2,3,5). The lowest BCUT2D eigenvalue weighted by Crippen LogP contribution is -2.37. The number of hydrogen-bond acceptors (Lipinski definition) is 5. The fourth-order valence-electron chi connectivity index (χ4n) is 2.15. The van der Waals surface area contributed by atoms with Gasteiger partial charge < -0.3 is 20.1 Å². The van der Waals surface area contributed by atoms with Crippen LogP contribution in [0, 0.1) is 0 Å². The molecule has 122 valence electrons. The SMILES string of the molecule is COc1ccc(CCCN2CCC2)cc1OC.NC(=O)C=O. The Kier molecular flexibility index (Phi) is 7.99. The first-order chi connectivity index (χ1) is 10.6. The highest BCUT2D eigenvalue weighted by Crippen LogP contribution is 2.28. The molecule has 22 heavy (non-hydrogen) atoms. The van der Waals surface area contributed by atoms with Crippen LogP contribution in [0.15, 0.2) is 18.2 Å². The Balaban J connectivity index is 0.000000422. The van der Waals surface area contributed by atoms with Crippen LogP contribution in [0.25, 0.3) is 0 Å². The van der Waals surface area contributed by atoms with E-state index >= 15 is 0 Å². The molecule has 1 saturated heterocycles. The smallest absolute Gasteiger partial charge is 0.281 e. The summed E-state index contributed by atoms with van der Waals surface area (Å²) in [5, 5.41) is 0. The molecule has 1 fully saturated rings. The lowest BCUT2D eigenvalue weighted by atomic mass is 10.1. The summed E-state index contributed by atoms with van der Waals surface area (Å²) in [5.74, 6) is 0.706. The second-order valence-corrected chi connectivity index (χ2v) is 5.01. The molecule has 0 aliphatic carbocycles. The number of benzene rings is 1. The maximum atomic E-state index is 9.22. The summed E-state index contributed by atoms with van der Waals surface area (Å²) in [5.41, 5.74) is 5.61. The van der Waals surface area contributed by atoms with Crippen LogP contribution < -0.4 is 15.2 Å². The highest BCUT2D eigenvalue weighted by molar-refractivity contribution is 6.22.